The van der Waals surface area contributed by atoms with E-state index in [1.165, 1.54) is 18.2 Å². The fourth-order valence-electron chi connectivity index (χ4n) is 3.54. The molecule has 1 heterocycles. The molecule has 1 aliphatic heterocycles. The molecule has 1 aliphatic rings. The zero-order valence-corrected chi connectivity index (χ0v) is 20.4. The van der Waals surface area contributed by atoms with Gasteiger partial charge in [-0.25, -0.2) is 8.42 Å². The van der Waals surface area contributed by atoms with E-state index in [1.54, 1.807) is 12.1 Å². The van der Waals surface area contributed by atoms with Crippen molar-refractivity contribution >= 4 is 33.2 Å². The molecule has 0 radical (unpaired) electrons. The van der Waals surface area contributed by atoms with Crippen molar-refractivity contribution in [2.75, 3.05) is 37.6 Å². The summed E-state index contributed by atoms with van der Waals surface area (Å²) in [5, 5.41) is 3.09. The van der Waals surface area contributed by atoms with Crippen LogP contribution in [0.5, 0.6) is 0 Å². The molecular formula is C23H30ClN3O4S. The normalized spacial score (nSPS) is 15.4. The summed E-state index contributed by atoms with van der Waals surface area (Å²) in [6.45, 7) is 11.3. The second kappa shape index (κ2) is 9.79. The molecule has 0 bridgehead atoms. The van der Waals surface area contributed by atoms with Gasteiger partial charge in [-0.1, -0.05) is 17.7 Å². The van der Waals surface area contributed by atoms with Crippen LogP contribution in [0.15, 0.2) is 41.3 Å². The molecule has 2 N–H and O–H groups in total. The number of rotatable bonds is 7. The molecule has 0 aliphatic carbocycles. The van der Waals surface area contributed by atoms with Crippen LogP contribution in [-0.4, -0.2) is 57.6 Å². The number of benzene rings is 2. The van der Waals surface area contributed by atoms with Gasteiger partial charge in [-0.3, -0.25) is 14.4 Å². The number of sulfonamides is 1. The summed E-state index contributed by atoms with van der Waals surface area (Å²) < 4.78 is 33.8. The molecule has 7 nitrogen and oxygen atoms in total. The van der Waals surface area contributed by atoms with Gasteiger partial charge in [0.25, 0.3) is 15.9 Å². The lowest BCUT2D eigenvalue weighted by molar-refractivity contribution is -0.00923. The third-order valence-electron chi connectivity index (χ3n) is 5.80. The highest BCUT2D eigenvalue weighted by Gasteiger charge is 2.29. The number of hydrogen-bond acceptors (Lipinski definition) is 5. The number of morpholine rings is 1. The van der Waals surface area contributed by atoms with Gasteiger partial charge in [0.1, 0.15) is 0 Å². The first kappa shape index (κ1) is 24.5. The Morgan fingerprint density at radius 2 is 1.78 bits per heavy atom. The predicted octanol–water partition coefficient (Wildman–Crippen LogP) is 3.60. The maximum atomic E-state index is 12.9. The Hall–Kier alpha value is -2.13. The van der Waals surface area contributed by atoms with Crippen molar-refractivity contribution < 1.29 is 17.9 Å². The van der Waals surface area contributed by atoms with Crippen molar-refractivity contribution in [1.29, 1.82) is 0 Å². The molecule has 0 spiro atoms. The Labute approximate surface area is 195 Å². The van der Waals surface area contributed by atoms with Gasteiger partial charge in [0.15, 0.2) is 0 Å². The van der Waals surface area contributed by atoms with Crippen LogP contribution in [0.1, 0.15) is 35.3 Å². The summed E-state index contributed by atoms with van der Waals surface area (Å²) in [4.78, 5) is 15.1. The van der Waals surface area contributed by atoms with E-state index in [1.807, 2.05) is 19.9 Å². The summed E-state index contributed by atoms with van der Waals surface area (Å²) in [7, 11) is -3.89. The average molecular weight is 480 g/mol. The second-order valence-corrected chi connectivity index (χ2v) is 10.7. The minimum absolute atomic E-state index is 0.0299. The molecular weight excluding hydrogens is 450 g/mol. The summed E-state index contributed by atoms with van der Waals surface area (Å²) >= 11 is 6.24. The van der Waals surface area contributed by atoms with Crippen molar-refractivity contribution in [3.63, 3.8) is 0 Å². The summed E-state index contributed by atoms with van der Waals surface area (Å²) in [6.07, 6.45) is 0. The lowest BCUT2D eigenvalue weighted by Crippen LogP contribution is -2.55. The average Bonchev–Trinajstić information content (AvgIpc) is 2.75. The maximum Gasteiger partial charge on any atom is 0.261 e. The van der Waals surface area contributed by atoms with Gasteiger partial charge < -0.3 is 10.1 Å². The molecule has 1 saturated heterocycles. The number of anilines is 1. The van der Waals surface area contributed by atoms with Crippen molar-refractivity contribution in [3.8, 4) is 0 Å². The van der Waals surface area contributed by atoms with E-state index >= 15 is 0 Å². The monoisotopic (exact) mass is 479 g/mol. The molecule has 1 fully saturated rings. The number of hydrogen-bond donors (Lipinski definition) is 2. The van der Waals surface area contributed by atoms with Gasteiger partial charge in [0.05, 0.1) is 28.7 Å². The minimum Gasteiger partial charge on any atom is -0.379 e. The van der Waals surface area contributed by atoms with E-state index in [0.717, 1.165) is 24.2 Å². The van der Waals surface area contributed by atoms with Crippen LogP contribution in [0.4, 0.5) is 5.69 Å². The van der Waals surface area contributed by atoms with Crippen molar-refractivity contribution in [2.45, 2.75) is 38.1 Å². The highest BCUT2D eigenvalue weighted by Crippen LogP contribution is 2.24. The SMILES string of the molecule is Cc1ccc(NS(=O)(=O)c2ccc(Cl)c(C(=O)NCC(C)(C)N3CCOCC3)c2)cc1C. The minimum atomic E-state index is -3.89. The Kier molecular flexibility index (Phi) is 7.50. The third-order valence-corrected chi connectivity index (χ3v) is 7.51. The fraction of sp³-hybridized carbons (Fsp3) is 0.435. The molecule has 2 aromatic carbocycles. The van der Waals surface area contributed by atoms with Gasteiger partial charge in [0.2, 0.25) is 0 Å². The number of nitrogens with one attached hydrogen (secondary N) is 2. The molecule has 0 atom stereocenters. The Balaban J connectivity index is 1.75. The first-order valence-electron chi connectivity index (χ1n) is 10.5. The van der Waals surface area contributed by atoms with Crippen molar-refractivity contribution in [3.05, 3.63) is 58.1 Å². The van der Waals surface area contributed by atoms with E-state index in [-0.39, 0.29) is 21.0 Å². The lowest BCUT2D eigenvalue weighted by Gasteiger charge is -2.40. The largest absolute Gasteiger partial charge is 0.379 e. The Bertz CT molecular complexity index is 1100. The molecule has 0 saturated carbocycles. The van der Waals surface area contributed by atoms with E-state index in [0.29, 0.717) is 25.4 Å². The highest BCUT2D eigenvalue weighted by atomic mass is 35.5. The van der Waals surface area contributed by atoms with Gasteiger partial charge in [-0.15, -0.1) is 0 Å². The van der Waals surface area contributed by atoms with Crippen LogP contribution in [-0.2, 0) is 14.8 Å². The van der Waals surface area contributed by atoms with E-state index in [9.17, 15) is 13.2 Å². The number of aryl methyl sites for hydroxylation is 2. The van der Waals surface area contributed by atoms with Crippen LogP contribution in [0.25, 0.3) is 0 Å². The van der Waals surface area contributed by atoms with Crippen LogP contribution in [0.2, 0.25) is 5.02 Å². The van der Waals surface area contributed by atoms with Gasteiger partial charge in [-0.2, -0.15) is 0 Å². The first-order valence-corrected chi connectivity index (χ1v) is 12.4. The summed E-state index contributed by atoms with van der Waals surface area (Å²) in [5.74, 6) is -0.417. The second-order valence-electron chi connectivity index (χ2n) is 8.64. The van der Waals surface area contributed by atoms with E-state index in [2.05, 4.69) is 28.8 Å². The maximum absolute atomic E-state index is 12.9. The molecule has 2 aromatic rings. The Morgan fingerprint density at radius 1 is 1.09 bits per heavy atom. The molecule has 0 unspecified atom stereocenters. The Morgan fingerprint density at radius 3 is 2.44 bits per heavy atom. The van der Waals surface area contributed by atoms with Crippen LogP contribution >= 0.6 is 11.6 Å². The number of carbonyl (C=O) groups is 1. The molecule has 174 valence electrons. The predicted molar refractivity (Wildman–Crippen MR) is 127 cm³/mol. The van der Waals surface area contributed by atoms with Crippen molar-refractivity contribution in [2.24, 2.45) is 0 Å². The number of nitrogens with zero attached hydrogens (tertiary/aromatic N) is 1. The van der Waals surface area contributed by atoms with Gasteiger partial charge in [0, 0.05) is 30.9 Å². The number of amides is 1. The van der Waals surface area contributed by atoms with Gasteiger partial charge >= 0.3 is 0 Å². The van der Waals surface area contributed by atoms with Crippen LogP contribution < -0.4 is 10.0 Å². The molecule has 9 heteroatoms. The van der Waals surface area contributed by atoms with Gasteiger partial charge in [-0.05, 0) is 69.2 Å². The molecule has 1 amide bonds. The van der Waals surface area contributed by atoms with Crippen LogP contribution in [0.3, 0.4) is 0 Å². The summed E-state index contributed by atoms with van der Waals surface area (Å²) in [6, 6.07) is 9.45. The molecule has 3 rings (SSSR count). The summed E-state index contributed by atoms with van der Waals surface area (Å²) in [5.41, 5.74) is 2.34. The van der Waals surface area contributed by atoms with Crippen molar-refractivity contribution in [1.82, 2.24) is 10.2 Å². The molecule has 0 aromatic heterocycles. The first-order chi connectivity index (χ1) is 15.0. The topological polar surface area (TPSA) is 87.7 Å². The fourth-order valence-corrected chi connectivity index (χ4v) is 4.82. The van der Waals surface area contributed by atoms with E-state index < -0.39 is 15.9 Å². The smallest absolute Gasteiger partial charge is 0.261 e. The quantitative estimate of drug-likeness (QED) is 0.633. The zero-order chi connectivity index (χ0) is 23.5. The highest BCUT2D eigenvalue weighted by molar-refractivity contribution is 7.92. The molecule has 32 heavy (non-hydrogen) atoms. The zero-order valence-electron chi connectivity index (χ0n) is 18.9. The van der Waals surface area contributed by atoms with E-state index in [4.69, 9.17) is 16.3 Å². The number of halogens is 1. The third kappa shape index (κ3) is 5.81. The number of ether oxygens (including phenoxy) is 1. The standard InChI is InChI=1S/C23H30ClN3O4S/c1-16-5-6-18(13-17(16)2)26-32(29,30)19-7-8-21(24)20(14-19)22(28)25-15-23(3,4)27-9-11-31-12-10-27/h5-8,13-14,26H,9-12,15H2,1-4H3,(H,25,28). The lowest BCUT2D eigenvalue weighted by atomic mass is 10.0. The van der Waals surface area contributed by atoms with Crippen LogP contribution in [0, 0.1) is 13.8 Å². The number of carbonyl (C=O) groups excluding carboxylic acids is 1.